The van der Waals surface area contributed by atoms with Crippen LogP contribution in [0.5, 0.6) is 0 Å². The third-order valence-corrected chi connectivity index (χ3v) is 9.92. The van der Waals surface area contributed by atoms with Crippen LogP contribution in [-0.2, 0) is 4.43 Å². The predicted octanol–water partition coefficient (Wildman–Crippen LogP) is 5.87. The number of halogens is 1. The second kappa shape index (κ2) is 6.79. The number of hydrogen-bond donors (Lipinski definition) is 0. The lowest BCUT2D eigenvalue weighted by Gasteiger charge is -2.36. The molecule has 0 bridgehead atoms. The average Bonchev–Trinajstić information content (AvgIpc) is 2.25. The Morgan fingerprint density at radius 2 is 1.89 bits per heavy atom. The second-order valence-corrected chi connectivity index (χ2v) is 13.2. The lowest BCUT2D eigenvalue weighted by atomic mass is 10.2. The van der Waals surface area contributed by atoms with E-state index in [1.165, 1.54) is 10.5 Å². The van der Waals surface area contributed by atoms with Gasteiger partial charge in [0.15, 0.2) is 8.32 Å². The third-order valence-electron chi connectivity index (χ3n) is 3.75. The highest BCUT2D eigenvalue weighted by molar-refractivity contribution is 9.10. The van der Waals surface area contributed by atoms with Gasteiger partial charge in [0.05, 0.1) is 0 Å². The smallest absolute Gasteiger partial charge is 0.192 e. The topological polar surface area (TPSA) is 9.23 Å². The standard InChI is InChI=1S/C15H25BrOSSi/c1-12-11-13(16)7-8-14(12)18-10-9-17-19(5,6)15(2,3)4/h7-8,11H,9-10H2,1-6H3. The Balaban J connectivity index is 2.43. The zero-order valence-corrected chi connectivity index (χ0v) is 16.2. The first-order valence-electron chi connectivity index (χ1n) is 6.66. The van der Waals surface area contributed by atoms with Crippen LogP contribution in [-0.4, -0.2) is 20.7 Å². The summed E-state index contributed by atoms with van der Waals surface area (Å²) in [5.74, 6) is 1.02. The monoisotopic (exact) mass is 360 g/mol. The van der Waals surface area contributed by atoms with Gasteiger partial charge in [-0.3, -0.25) is 0 Å². The van der Waals surface area contributed by atoms with E-state index >= 15 is 0 Å². The van der Waals surface area contributed by atoms with Gasteiger partial charge in [-0.1, -0.05) is 36.7 Å². The van der Waals surface area contributed by atoms with Crippen LogP contribution in [0.15, 0.2) is 27.6 Å². The van der Waals surface area contributed by atoms with Crippen LogP contribution < -0.4 is 0 Å². The zero-order valence-electron chi connectivity index (χ0n) is 12.8. The van der Waals surface area contributed by atoms with Crippen molar-refractivity contribution in [2.24, 2.45) is 0 Å². The average molecular weight is 361 g/mol. The van der Waals surface area contributed by atoms with Gasteiger partial charge < -0.3 is 4.43 Å². The number of rotatable bonds is 5. The molecular formula is C15H25BrOSSi. The Kier molecular flexibility index (Phi) is 6.17. The maximum atomic E-state index is 6.19. The van der Waals surface area contributed by atoms with Crippen molar-refractivity contribution in [2.45, 2.75) is 50.7 Å². The minimum Gasteiger partial charge on any atom is -0.416 e. The number of benzene rings is 1. The van der Waals surface area contributed by atoms with Crippen LogP contribution in [0.2, 0.25) is 18.1 Å². The summed E-state index contributed by atoms with van der Waals surface area (Å²) in [7, 11) is -1.59. The molecule has 0 heterocycles. The SMILES string of the molecule is Cc1cc(Br)ccc1SCCO[Si](C)(C)C(C)(C)C. The Morgan fingerprint density at radius 3 is 2.42 bits per heavy atom. The van der Waals surface area contributed by atoms with E-state index in [4.69, 9.17) is 4.43 Å². The molecule has 19 heavy (non-hydrogen) atoms. The lowest BCUT2D eigenvalue weighted by molar-refractivity contribution is 0.311. The summed E-state index contributed by atoms with van der Waals surface area (Å²) in [5.41, 5.74) is 1.33. The first-order valence-corrected chi connectivity index (χ1v) is 11.3. The fourth-order valence-electron chi connectivity index (χ4n) is 1.44. The van der Waals surface area contributed by atoms with Crippen molar-refractivity contribution in [1.82, 2.24) is 0 Å². The molecule has 1 nitrogen and oxygen atoms in total. The number of hydrogen-bond acceptors (Lipinski definition) is 2. The van der Waals surface area contributed by atoms with Crippen molar-refractivity contribution >= 4 is 36.0 Å². The van der Waals surface area contributed by atoms with Crippen LogP contribution in [0.4, 0.5) is 0 Å². The molecule has 0 unspecified atom stereocenters. The van der Waals surface area contributed by atoms with Gasteiger partial charge in [0.1, 0.15) is 0 Å². The van der Waals surface area contributed by atoms with E-state index in [1.54, 1.807) is 0 Å². The molecule has 0 amide bonds. The normalized spacial score (nSPS) is 12.8. The van der Waals surface area contributed by atoms with Gasteiger partial charge >= 0.3 is 0 Å². The van der Waals surface area contributed by atoms with E-state index in [2.05, 4.69) is 74.9 Å². The number of aryl methyl sites for hydroxylation is 1. The molecule has 108 valence electrons. The van der Waals surface area contributed by atoms with Gasteiger partial charge in [0.2, 0.25) is 0 Å². The molecule has 0 aromatic heterocycles. The molecule has 4 heteroatoms. The summed E-state index contributed by atoms with van der Waals surface area (Å²) in [4.78, 5) is 1.35. The lowest BCUT2D eigenvalue weighted by Crippen LogP contribution is -2.41. The highest BCUT2D eigenvalue weighted by Crippen LogP contribution is 2.36. The van der Waals surface area contributed by atoms with Crippen molar-refractivity contribution in [3.8, 4) is 0 Å². The predicted molar refractivity (Wildman–Crippen MR) is 92.8 cm³/mol. The molecule has 1 aromatic rings. The van der Waals surface area contributed by atoms with E-state index < -0.39 is 8.32 Å². The van der Waals surface area contributed by atoms with E-state index in [0.717, 1.165) is 16.8 Å². The van der Waals surface area contributed by atoms with Crippen LogP contribution >= 0.6 is 27.7 Å². The van der Waals surface area contributed by atoms with Crippen LogP contribution in [0, 0.1) is 6.92 Å². The summed E-state index contributed by atoms with van der Waals surface area (Å²) in [6.07, 6.45) is 0. The second-order valence-electron chi connectivity index (χ2n) is 6.37. The molecular weight excluding hydrogens is 336 g/mol. The van der Waals surface area contributed by atoms with Crippen LogP contribution in [0.1, 0.15) is 26.3 Å². The summed E-state index contributed by atoms with van der Waals surface area (Å²) in [6, 6.07) is 6.44. The minimum absolute atomic E-state index is 0.297. The van der Waals surface area contributed by atoms with Gasteiger partial charge in [-0.05, 0) is 48.8 Å². The van der Waals surface area contributed by atoms with Crippen molar-refractivity contribution in [3.05, 3.63) is 28.2 Å². The first kappa shape index (κ1) is 17.3. The van der Waals surface area contributed by atoms with Crippen molar-refractivity contribution < 1.29 is 4.43 Å². The third kappa shape index (κ3) is 5.25. The summed E-state index contributed by atoms with van der Waals surface area (Å²) in [5, 5.41) is 0.297. The highest BCUT2D eigenvalue weighted by atomic mass is 79.9. The van der Waals surface area contributed by atoms with Crippen LogP contribution in [0.3, 0.4) is 0 Å². The molecule has 0 aliphatic heterocycles. The largest absolute Gasteiger partial charge is 0.416 e. The zero-order chi connectivity index (χ0) is 14.7. The molecule has 0 radical (unpaired) electrons. The molecule has 1 rings (SSSR count). The summed E-state index contributed by atoms with van der Waals surface area (Å²) < 4.78 is 7.33. The molecule has 0 atom stereocenters. The molecule has 0 spiro atoms. The minimum atomic E-state index is -1.59. The Bertz CT molecular complexity index is 427. The Morgan fingerprint density at radius 1 is 1.26 bits per heavy atom. The van der Waals surface area contributed by atoms with E-state index in [9.17, 15) is 0 Å². The van der Waals surface area contributed by atoms with Gasteiger partial charge in [-0.15, -0.1) is 11.8 Å². The maximum Gasteiger partial charge on any atom is 0.192 e. The van der Waals surface area contributed by atoms with Crippen LogP contribution in [0.25, 0.3) is 0 Å². The first-order chi connectivity index (χ1) is 8.63. The summed E-state index contributed by atoms with van der Waals surface area (Å²) >= 11 is 5.38. The molecule has 0 fully saturated rings. The van der Waals surface area contributed by atoms with Crippen molar-refractivity contribution in [3.63, 3.8) is 0 Å². The fraction of sp³-hybridized carbons (Fsp3) is 0.600. The van der Waals surface area contributed by atoms with E-state index in [1.807, 2.05) is 11.8 Å². The maximum absolute atomic E-state index is 6.19. The van der Waals surface area contributed by atoms with Crippen molar-refractivity contribution in [2.75, 3.05) is 12.4 Å². The molecule has 0 N–H and O–H groups in total. The number of thioether (sulfide) groups is 1. The van der Waals surface area contributed by atoms with Gasteiger partial charge in [0, 0.05) is 21.7 Å². The summed E-state index contributed by atoms with van der Waals surface area (Å²) in [6.45, 7) is 14.5. The molecule has 0 aliphatic rings. The Labute approximate surface area is 131 Å². The fourth-order valence-corrected chi connectivity index (χ4v) is 3.95. The molecule has 0 saturated carbocycles. The Hall–Kier alpha value is 0.227. The van der Waals surface area contributed by atoms with Gasteiger partial charge in [-0.2, -0.15) is 0 Å². The molecule has 0 aliphatic carbocycles. The molecule has 0 saturated heterocycles. The van der Waals surface area contributed by atoms with Gasteiger partial charge in [0.25, 0.3) is 0 Å². The van der Waals surface area contributed by atoms with Gasteiger partial charge in [-0.25, -0.2) is 0 Å². The molecule has 1 aromatic carbocycles. The van der Waals surface area contributed by atoms with E-state index in [-0.39, 0.29) is 0 Å². The quantitative estimate of drug-likeness (QED) is 0.368. The van der Waals surface area contributed by atoms with E-state index in [0.29, 0.717) is 5.04 Å². The van der Waals surface area contributed by atoms with Crippen molar-refractivity contribution in [1.29, 1.82) is 0 Å². The highest BCUT2D eigenvalue weighted by Gasteiger charge is 2.36.